The lowest BCUT2D eigenvalue weighted by Gasteiger charge is -2.13. The van der Waals surface area contributed by atoms with Gasteiger partial charge in [-0.15, -0.1) is 13.2 Å². The molecule has 5 nitrogen and oxygen atoms in total. The predicted molar refractivity (Wildman–Crippen MR) is 109 cm³/mol. The van der Waals surface area contributed by atoms with Crippen molar-refractivity contribution in [1.82, 2.24) is 9.71 Å². The Morgan fingerprint density at radius 1 is 1.03 bits per heavy atom. The van der Waals surface area contributed by atoms with Crippen molar-refractivity contribution in [2.45, 2.75) is 45.4 Å². The van der Waals surface area contributed by atoms with E-state index in [1.54, 1.807) is 20.8 Å². The number of rotatable bonds is 6. The maximum Gasteiger partial charge on any atom is 0.573 e. The molecule has 0 saturated heterocycles. The third-order valence-corrected chi connectivity index (χ3v) is 6.63. The van der Waals surface area contributed by atoms with E-state index in [4.69, 9.17) is 0 Å². The summed E-state index contributed by atoms with van der Waals surface area (Å²) in [5.41, 5.74) is 4.46. The summed E-state index contributed by atoms with van der Waals surface area (Å²) in [6, 6.07) is 7.68. The van der Waals surface area contributed by atoms with Gasteiger partial charge in [0.2, 0.25) is 10.0 Å². The minimum atomic E-state index is -4.78. The Kier molecular flexibility index (Phi) is 5.88. The average molecular weight is 440 g/mol. The number of benzene rings is 2. The summed E-state index contributed by atoms with van der Waals surface area (Å²) < 4.78 is 69.8. The van der Waals surface area contributed by atoms with Crippen molar-refractivity contribution in [3.63, 3.8) is 0 Å². The highest BCUT2D eigenvalue weighted by Crippen LogP contribution is 2.30. The van der Waals surface area contributed by atoms with Crippen LogP contribution in [0.25, 0.3) is 10.9 Å². The fourth-order valence-electron chi connectivity index (χ4n) is 3.85. The molecule has 30 heavy (non-hydrogen) atoms. The molecule has 2 N–H and O–H groups in total. The Hall–Kier alpha value is -2.52. The monoisotopic (exact) mass is 440 g/mol. The Morgan fingerprint density at radius 2 is 1.67 bits per heavy atom. The number of alkyl halides is 3. The molecule has 3 rings (SSSR count). The largest absolute Gasteiger partial charge is 0.573 e. The zero-order valence-corrected chi connectivity index (χ0v) is 17.9. The molecular formula is C21H23F3N2O3S. The molecule has 3 aromatic rings. The van der Waals surface area contributed by atoms with Crippen molar-refractivity contribution in [3.8, 4) is 5.75 Å². The van der Waals surface area contributed by atoms with Gasteiger partial charge in [0.05, 0.1) is 4.90 Å². The number of fused-ring (bicyclic) bond motifs is 1. The average Bonchev–Trinajstić information content (AvgIpc) is 2.87. The molecule has 0 bridgehead atoms. The van der Waals surface area contributed by atoms with Crippen molar-refractivity contribution in [1.29, 1.82) is 0 Å². The Morgan fingerprint density at radius 3 is 2.27 bits per heavy atom. The summed E-state index contributed by atoms with van der Waals surface area (Å²) in [4.78, 5) is 3.36. The van der Waals surface area contributed by atoms with Gasteiger partial charge in [-0.2, -0.15) is 0 Å². The Bertz CT molecular complexity index is 1180. The first kappa shape index (κ1) is 22.2. The van der Waals surface area contributed by atoms with Crippen molar-refractivity contribution < 1.29 is 26.3 Å². The zero-order chi connectivity index (χ0) is 22.3. The van der Waals surface area contributed by atoms with E-state index in [-0.39, 0.29) is 17.2 Å². The first-order valence-corrected chi connectivity index (χ1v) is 10.8. The molecule has 0 aliphatic carbocycles. The Labute approximate surface area is 173 Å². The number of aromatic nitrogens is 1. The molecule has 0 unspecified atom stereocenters. The van der Waals surface area contributed by atoms with Crippen LogP contribution >= 0.6 is 0 Å². The zero-order valence-electron chi connectivity index (χ0n) is 17.1. The molecule has 0 atom stereocenters. The van der Waals surface area contributed by atoms with Crippen LogP contribution in [-0.4, -0.2) is 26.3 Å². The molecule has 0 amide bonds. The van der Waals surface area contributed by atoms with E-state index in [2.05, 4.69) is 14.4 Å². The van der Waals surface area contributed by atoms with Gasteiger partial charge in [-0.1, -0.05) is 17.7 Å². The van der Waals surface area contributed by atoms with Crippen LogP contribution in [-0.2, 0) is 16.4 Å². The van der Waals surface area contributed by atoms with Crippen LogP contribution in [0.3, 0.4) is 0 Å². The molecule has 0 spiro atoms. The summed E-state index contributed by atoms with van der Waals surface area (Å²) >= 11 is 0. The van der Waals surface area contributed by atoms with Gasteiger partial charge in [-0.25, -0.2) is 13.1 Å². The first-order valence-electron chi connectivity index (χ1n) is 9.32. The third-order valence-electron chi connectivity index (χ3n) is 4.87. The summed E-state index contributed by atoms with van der Waals surface area (Å²) in [6.07, 6.45) is -4.47. The van der Waals surface area contributed by atoms with Gasteiger partial charge in [-0.3, -0.25) is 0 Å². The van der Waals surface area contributed by atoms with Gasteiger partial charge in [0.15, 0.2) is 0 Å². The smallest absolute Gasteiger partial charge is 0.406 e. The number of sulfonamides is 1. The van der Waals surface area contributed by atoms with Gasteiger partial charge in [-0.05, 0) is 69.0 Å². The van der Waals surface area contributed by atoms with Crippen LogP contribution < -0.4 is 9.46 Å². The summed E-state index contributed by atoms with van der Waals surface area (Å²) in [7, 11) is -3.72. The van der Waals surface area contributed by atoms with Crippen LogP contribution in [0.2, 0.25) is 0 Å². The van der Waals surface area contributed by atoms with Crippen molar-refractivity contribution >= 4 is 20.9 Å². The number of ether oxygens (including phenoxy) is 1. The van der Waals surface area contributed by atoms with E-state index in [0.717, 1.165) is 16.8 Å². The Balaban J connectivity index is 1.82. The topological polar surface area (TPSA) is 71.2 Å². The molecule has 1 aromatic heterocycles. The maximum absolute atomic E-state index is 12.8. The van der Waals surface area contributed by atoms with E-state index >= 15 is 0 Å². The van der Waals surface area contributed by atoms with Gasteiger partial charge in [0.25, 0.3) is 0 Å². The lowest BCUT2D eigenvalue weighted by atomic mass is 10.1. The van der Waals surface area contributed by atoms with Crippen molar-refractivity contribution in [2.24, 2.45) is 0 Å². The van der Waals surface area contributed by atoms with Gasteiger partial charge in [0, 0.05) is 23.1 Å². The van der Waals surface area contributed by atoms with E-state index in [1.165, 1.54) is 18.2 Å². The highest BCUT2D eigenvalue weighted by atomic mass is 32.2. The van der Waals surface area contributed by atoms with E-state index in [0.29, 0.717) is 28.5 Å². The molecule has 162 valence electrons. The molecule has 2 aromatic carbocycles. The van der Waals surface area contributed by atoms with E-state index in [1.807, 2.05) is 19.1 Å². The maximum atomic E-state index is 12.8. The number of aryl methyl sites for hydroxylation is 4. The van der Waals surface area contributed by atoms with Gasteiger partial charge >= 0.3 is 6.36 Å². The van der Waals surface area contributed by atoms with Crippen molar-refractivity contribution in [2.75, 3.05) is 6.54 Å². The minimum absolute atomic E-state index is 0.104. The number of H-pyrrole nitrogens is 1. The third kappa shape index (κ3) is 4.79. The predicted octanol–water partition coefficient (Wildman–Crippen LogP) is 4.82. The van der Waals surface area contributed by atoms with Gasteiger partial charge < -0.3 is 9.72 Å². The lowest BCUT2D eigenvalue weighted by Crippen LogP contribution is -2.27. The molecule has 0 fully saturated rings. The summed E-state index contributed by atoms with van der Waals surface area (Å²) in [5.74, 6) is -0.318. The second-order valence-corrected chi connectivity index (χ2v) is 9.06. The first-order chi connectivity index (χ1) is 13.9. The summed E-state index contributed by atoms with van der Waals surface area (Å²) in [5, 5.41) is 0.566. The molecule has 0 aliphatic heterocycles. The molecule has 0 radical (unpaired) electrons. The fraction of sp³-hybridized carbons (Fsp3) is 0.333. The van der Waals surface area contributed by atoms with Crippen LogP contribution in [0.15, 0.2) is 35.2 Å². The standard InChI is InChI=1S/C21H23F3N2O3S/c1-12-9-13(2)20(14(3)10-12)30(27,28)25-8-7-17-15(4)26-19-6-5-16(11-18(17)19)29-21(22,23)24/h5-6,9-11,25-26H,7-8H2,1-4H3. The minimum Gasteiger partial charge on any atom is -0.406 e. The van der Waals surface area contributed by atoms with E-state index < -0.39 is 16.4 Å². The SMILES string of the molecule is Cc1cc(C)c(S(=O)(=O)NCCc2c(C)[nH]c3ccc(OC(F)(F)F)cc23)c(C)c1. The quantitative estimate of drug-likeness (QED) is 0.577. The molecule has 9 heteroatoms. The molecule has 0 aliphatic rings. The van der Waals surface area contributed by atoms with Crippen LogP contribution in [0.5, 0.6) is 5.75 Å². The number of aromatic amines is 1. The number of halogens is 3. The summed E-state index contributed by atoms with van der Waals surface area (Å²) in [6.45, 7) is 7.30. The van der Waals surface area contributed by atoms with Crippen LogP contribution in [0, 0.1) is 27.7 Å². The molecular weight excluding hydrogens is 417 g/mol. The highest BCUT2D eigenvalue weighted by molar-refractivity contribution is 7.89. The fourth-order valence-corrected chi connectivity index (χ4v) is 5.33. The molecule has 0 saturated carbocycles. The second-order valence-electron chi connectivity index (χ2n) is 7.36. The number of nitrogens with one attached hydrogen (secondary N) is 2. The highest BCUT2D eigenvalue weighted by Gasteiger charge is 2.31. The second kappa shape index (κ2) is 7.96. The van der Waals surface area contributed by atoms with E-state index in [9.17, 15) is 21.6 Å². The van der Waals surface area contributed by atoms with Crippen LogP contribution in [0.4, 0.5) is 13.2 Å². The van der Waals surface area contributed by atoms with Gasteiger partial charge in [0.1, 0.15) is 5.75 Å². The lowest BCUT2D eigenvalue weighted by molar-refractivity contribution is -0.274. The number of hydrogen-bond donors (Lipinski definition) is 2. The number of hydrogen-bond acceptors (Lipinski definition) is 3. The van der Waals surface area contributed by atoms with Crippen LogP contribution in [0.1, 0.15) is 27.9 Å². The van der Waals surface area contributed by atoms with Crippen molar-refractivity contribution in [3.05, 3.63) is 58.3 Å². The normalized spacial score (nSPS) is 12.5. The molecule has 1 heterocycles.